The molecular weight excluding hydrogens is 452 g/mol. The number of fused-ring (bicyclic) bond motifs is 1. The first-order valence-electron chi connectivity index (χ1n) is 12.5. The lowest BCUT2D eigenvalue weighted by atomic mass is 9.87. The molecule has 1 atom stereocenters. The Morgan fingerprint density at radius 2 is 1.75 bits per heavy atom. The van der Waals surface area contributed by atoms with Crippen molar-refractivity contribution in [1.29, 1.82) is 0 Å². The lowest BCUT2D eigenvalue weighted by Crippen LogP contribution is -2.25. The lowest BCUT2D eigenvalue weighted by molar-refractivity contribution is -0.145. The van der Waals surface area contributed by atoms with Gasteiger partial charge in [0, 0.05) is 17.2 Å². The third-order valence-corrected chi connectivity index (χ3v) is 6.37. The third-order valence-electron chi connectivity index (χ3n) is 6.37. The first kappa shape index (κ1) is 23.8. The van der Waals surface area contributed by atoms with Gasteiger partial charge in [-0.2, -0.15) is 0 Å². The van der Waals surface area contributed by atoms with E-state index in [4.69, 9.17) is 18.9 Å². The van der Waals surface area contributed by atoms with E-state index in [0.717, 1.165) is 53.2 Å². The monoisotopic (exact) mass is 482 g/mol. The summed E-state index contributed by atoms with van der Waals surface area (Å²) >= 11 is 0. The molecule has 0 fully saturated rings. The molecule has 0 radical (unpaired) electrons. The zero-order valence-electron chi connectivity index (χ0n) is 20.4. The van der Waals surface area contributed by atoms with Crippen molar-refractivity contribution in [3.63, 3.8) is 0 Å². The van der Waals surface area contributed by atoms with Crippen LogP contribution in [-0.4, -0.2) is 24.2 Å². The normalized spacial score (nSPS) is 14.8. The van der Waals surface area contributed by atoms with Gasteiger partial charge in [-0.25, -0.2) is 9.78 Å². The number of ether oxygens (including phenoxy) is 2. The Morgan fingerprint density at radius 3 is 2.50 bits per heavy atom. The highest BCUT2D eigenvalue weighted by Gasteiger charge is 2.24. The maximum atomic E-state index is 11.8. The molecule has 0 amide bonds. The summed E-state index contributed by atoms with van der Waals surface area (Å²) in [7, 11) is 0. The number of rotatable bonds is 9. The average Bonchev–Trinajstić information content (AvgIpc) is 3.36. The molecule has 0 aliphatic heterocycles. The van der Waals surface area contributed by atoms with Crippen LogP contribution < -0.4 is 10.1 Å². The second-order valence-corrected chi connectivity index (χ2v) is 8.76. The number of carbonyl (C=O) groups excluding carboxylic acids is 1. The minimum Gasteiger partial charge on any atom is -0.482 e. The van der Waals surface area contributed by atoms with Gasteiger partial charge in [0.25, 0.3) is 0 Å². The van der Waals surface area contributed by atoms with Crippen molar-refractivity contribution >= 4 is 5.97 Å². The first-order valence-corrected chi connectivity index (χ1v) is 12.5. The molecule has 0 saturated heterocycles. The highest BCUT2D eigenvalue weighted by molar-refractivity contribution is 5.76. The van der Waals surface area contributed by atoms with E-state index in [2.05, 4.69) is 23.5 Å². The van der Waals surface area contributed by atoms with Crippen molar-refractivity contribution in [2.75, 3.05) is 13.2 Å². The molecule has 5 rings (SSSR count). The molecule has 6 nitrogen and oxygen atoms in total. The van der Waals surface area contributed by atoms with Gasteiger partial charge in [0.05, 0.1) is 13.2 Å². The van der Waals surface area contributed by atoms with Gasteiger partial charge in [0.15, 0.2) is 12.4 Å². The van der Waals surface area contributed by atoms with Gasteiger partial charge in [0.2, 0.25) is 5.89 Å². The van der Waals surface area contributed by atoms with Gasteiger partial charge >= 0.3 is 5.97 Å². The minimum absolute atomic E-state index is 0.0801. The molecule has 36 heavy (non-hydrogen) atoms. The van der Waals surface area contributed by atoms with E-state index in [1.54, 1.807) is 6.92 Å². The SMILES string of the molecule is CCOC(=O)COc1cccc2c1CCC[C@H]2NCc1nc(-c2ccccc2)c(-c2ccccc2)o1. The fourth-order valence-electron chi connectivity index (χ4n) is 4.73. The van der Waals surface area contributed by atoms with Gasteiger partial charge in [0.1, 0.15) is 11.4 Å². The van der Waals surface area contributed by atoms with Gasteiger partial charge in [-0.3, -0.25) is 0 Å². The maximum absolute atomic E-state index is 11.8. The van der Waals surface area contributed by atoms with E-state index in [1.807, 2.05) is 60.7 Å². The number of oxazole rings is 1. The molecule has 0 saturated carbocycles. The summed E-state index contributed by atoms with van der Waals surface area (Å²) in [5, 5.41) is 3.65. The van der Waals surface area contributed by atoms with E-state index < -0.39 is 0 Å². The Labute approximate surface area is 211 Å². The number of nitrogens with one attached hydrogen (secondary N) is 1. The van der Waals surface area contributed by atoms with Crippen molar-refractivity contribution in [3.8, 4) is 28.3 Å². The lowest BCUT2D eigenvalue weighted by Gasteiger charge is -2.27. The van der Waals surface area contributed by atoms with E-state index in [9.17, 15) is 4.79 Å². The fraction of sp³-hybridized carbons (Fsp3) is 0.267. The summed E-state index contributed by atoms with van der Waals surface area (Å²) in [5.74, 6) is 1.82. The molecule has 1 aliphatic carbocycles. The van der Waals surface area contributed by atoms with Crippen LogP contribution in [0.15, 0.2) is 83.3 Å². The number of hydrogen-bond acceptors (Lipinski definition) is 6. The van der Waals surface area contributed by atoms with Crippen LogP contribution in [0.5, 0.6) is 5.75 Å². The number of hydrogen-bond donors (Lipinski definition) is 1. The topological polar surface area (TPSA) is 73.6 Å². The molecule has 4 aromatic rings. The van der Waals surface area contributed by atoms with Crippen LogP contribution in [0.2, 0.25) is 0 Å². The number of carbonyl (C=O) groups is 1. The Balaban J connectivity index is 1.35. The largest absolute Gasteiger partial charge is 0.482 e. The second-order valence-electron chi connectivity index (χ2n) is 8.76. The number of benzene rings is 3. The summed E-state index contributed by atoms with van der Waals surface area (Å²) < 4.78 is 17.1. The summed E-state index contributed by atoms with van der Waals surface area (Å²) in [6, 6.07) is 26.4. The molecular formula is C30H30N2O4. The number of esters is 1. The predicted octanol–water partition coefficient (Wildman–Crippen LogP) is 6.12. The summed E-state index contributed by atoms with van der Waals surface area (Å²) in [6.07, 6.45) is 2.95. The van der Waals surface area contributed by atoms with Crippen LogP contribution in [0.4, 0.5) is 0 Å². The Hall–Kier alpha value is -3.90. The van der Waals surface area contributed by atoms with Gasteiger partial charge in [-0.15, -0.1) is 0 Å². The Morgan fingerprint density at radius 1 is 1.00 bits per heavy atom. The van der Waals surface area contributed by atoms with Crippen LogP contribution in [0, 0.1) is 0 Å². The molecule has 0 spiro atoms. The van der Waals surface area contributed by atoms with Crippen molar-refractivity contribution in [2.24, 2.45) is 0 Å². The Bertz CT molecular complexity index is 1240. The number of aromatic nitrogens is 1. The molecule has 0 unspecified atom stereocenters. The van der Waals surface area contributed by atoms with Crippen LogP contribution >= 0.6 is 0 Å². The van der Waals surface area contributed by atoms with E-state index in [1.165, 1.54) is 5.56 Å². The average molecular weight is 483 g/mol. The molecule has 0 bridgehead atoms. The molecule has 1 heterocycles. The van der Waals surface area contributed by atoms with E-state index in [-0.39, 0.29) is 18.6 Å². The van der Waals surface area contributed by atoms with Gasteiger partial charge < -0.3 is 19.2 Å². The second kappa shape index (κ2) is 11.2. The predicted molar refractivity (Wildman–Crippen MR) is 138 cm³/mol. The Kier molecular flexibility index (Phi) is 7.43. The quantitative estimate of drug-likeness (QED) is 0.290. The first-order chi connectivity index (χ1) is 17.7. The summed E-state index contributed by atoms with van der Waals surface area (Å²) in [4.78, 5) is 16.6. The van der Waals surface area contributed by atoms with Crippen LogP contribution in [0.3, 0.4) is 0 Å². The standard InChI is InChI=1S/C30H30N2O4/c1-2-34-28(33)20-35-26-18-10-15-23-24(26)16-9-17-25(23)31-19-27-32-29(21-11-5-3-6-12-21)30(36-27)22-13-7-4-8-14-22/h3-8,10-15,18,25,31H,2,9,16-17,19-20H2,1H3/t25-/m1/s1. The van der Waals surface area contributed by atoms with Gasteiger partial charge in [-0.1, -0.05) is 72.8 Å². The van der Waals surface area contributed by atoms with Crippen LogP contribution in [-0.2, 0) is 22.5 Å². The molecule has 1 aliphatic rings. The van der Waals surface area contributed by atoms with E-state index >= 15 is 0 Å². The minimum atomic E-state index is -0.354. The van der Waals surface area contributed by atoms with Crippen molar-refractivity contribution in [2.45, 2.75) is 38.8 Å². The van der Waals surface area contributed by atoms with Crippen LogP contribution in [0.25, 0.3) is 22.6 Å². The molecule has 184 valence electrons. The van der Waals surface area contributed by atoms with E-state index in [0.29, 0.717) is 19.0 Å². The third kappa shape index (κ3) is 5.34. The summed E-state index contributed by atoms with van der Waals surface area (Å²) in [5.41, 5.74) is 5.21. The zero-order valence-corrected chi connectivity index (χ0v) is 20.4. The maximum Gasteiger partial charge on any atom is 0.344 e. The molecule has 3 aromatic carbocycles. The highest BCUT2D eigenvalue weighted by Crippen LogP contribution is 2.36. The smallest absolute Gasteiger partial charge is 0.344 e. The highest BCUT2D eigenvalue weighted by atomic mass is 16.6. The summed E-state index contributed by atoms with van der Waals surface area (Å²) in [6.45, 7) is 2.56. The molecule has 6 heteroatoms. The van der Waals surface area contributed by atoms with Crippen LogP contribution in [0.1, 0.15) is 42.8 Å². The number of nitrogens with zero attached hydrogens (tertiary/aromatic N) is 1. The van der Waals surface area contributed by atoms with Crippen molar-refractivity contribution in [3.05, 3.63) is 95.9 Å². The van der Waals surface area contributed by atoms with Gasteiger partial charge in [-0.05, 0) is 43.4 Å². The van der Waals surface area contributed by atoms with Crippen molar-refractivity contribution < 1.29 is 18.7 Å². The fourth-order valence-corrected chi connectivity index (χ4v) is 4.73. The van der Waals surface area contributed by atoms with Crippen molar-refractivity contribution in [1.82, 2.24) is 10.3 Å². The zero-order chi connectivity index (χ0) is 24.7. The molecule has 1 N–H and O–H groups in total. The molecule has 1 aromatic heterocycles.